The molecule has 0 aliphatic carbocycles. The van der Waals surface area contributed by atoms with E-state index in [2.05, 4.69) is 40.7 Å². The largest absolute Gasteiger partial charge is 0.398 e. The van der Waals surface area contributed by atoms with Gasteiger partial charge in [-0.2, -0.15) is 0 Å². The number of rotatable bonds is 3. The molecule has 0 atom stereocenters. The summed E-state index contributed by atoms with van der Waals surface area (Å²) in [5.41, 5.74) is 7.71. The van der Waals surface area contributed by atoms with Crippen LogP contribution in [0.15, 0.2) is 22.7 Å². The molecule has 0 bridgehead atoms. The molecule has 2 nitrogen and oxygen atoms in total. The van der Waals surface area contributed by atoms with Gasteiger partial charge in [-0.25, -0.2) is 0 Å². The molecule has 1 aromatic carbocycles. The van der Waals surface area contributed by atoms with Crippen molar-refractivity contribution in [3.8, 4) is 0 Å². The van der Waals surface area contributed by atoms with E-state index in [9.17, 15) is 0 Å². The van der Waals surface area contributed by atoms with Crippen LogP contribution in [0.1, 0.15) is 13.8 Å². The average Bonchev–Trinajstić information content (AvgIpc) is 2.13. The number of halogens is 1. The van der Waals surface area contributed by atoms with E-state index in [-0.39, 0.29) is 0 Å². The smallest absolute Gasteiger partial charge is 0.0460 e. The molecular formula is C10H15BrN2. The number of anilines is 2. The fraction of sp³-hybridized carbons (Fsp3) is 0.400. The first-order chi connectivity index (χ1) is 6.19. The van der Waals surface area contributed by atoms with Crippen molar-refractivity contribution >= 4 is 27.3 Å². The first-order valence-corrected chi connectivity index (χ1v) is 5.28. The molecular weight excluding hydrogens is 228 g/mol. The van der Waals surface area contributed by atoms with Gasteiger partial charge in [-0.15, -0.1) is 0 Å². The van der Waals surface area contributed by atoms with Crippen LogP contribution in [0.25, 0.3) is 0 Å². The van der Waals surface area contributed by atoms with Crippen molar-refractivity contribution in [1.82, 2.24) is 0 Å². The average molecular weight is 243 g/mol. The Labute approximate surface area is 87.9 Å². The predicted octanol–water partition coefficient (Wildman–Crippen LogP) is 2.88. The van der Waals surface area contributed by atoms with Gasteiger partial charge in [0, 0.05) is 28.9 Å². The molecule has 72 valence electrons. The van der Waals surface area contributed by atoms with Gasteiger partial charge in [0.05, 0.1) is 0 Å². The first kappa shape index (κ1) is 10.4. The molecule has 0 aromatic heterocycles. The molecule has 0 fully saturated rings. The number of nitrogens with two attached hydrogens (primary N) is 1. The van der Waals surface area contributed by atoms with Gasteiger partial charge in [-0.3, -0.25) is 0 Å². The molecule has 2 N–H and O–H groups in total. The van der Waals surface area contributed by atoms with E-state index in [0.717, 1.165) is 23.2 Å². The molecule has 0 aliphatic rings. The summed E-state index contributed by atoms with van der Waals surface area (Å²) in [5, 5.41) is 0. The van der Waals surface area contributed by atoms with Crippen molar-refractivity contribution in [1.29, 1.82) is 0 Å². The molecule has 0 spiro atoms. The fourth-order valence-corrected chi connectivity index (χ4v) is 1.67. The van der Waals surface area contributed by atoms with Crippen LogP contribution >= 0.6 is 15.9 Å². The van der Waals surface area contributed by atoms with E-state index in [4.69, 9.17) is 5.73 Å². The van der Waals surface area contributed by atoms with Crippen LogP contribution in [0.2, 0.25) is 0 Å². The summed E-state index contributed by atoms with van der Waals surface area (Å²) in [6, 6.07) is 6.03. The predicted molar refractivity (Wildman–Crippen MR) is 62.1 cm³/mol. The van der Waals surface area contributed by atoms with Crippen molar-refractivity contribution < 1.29 is 0 Å². The van der Waals surface area contributed by atoms with Gasteiger partial charge < -0.3 is 10.6 Å². The van der Waals surface area contributed by atoms with Crippen molar-refractivity contribution in [3.63, 3.8) is 0 Å². The Balaban J connectivity index is 2.95. The van der Waals surface area contributed by atoms with Gasteiger partial charge in [0.15, 0.2) is 0 Å². The van der Waals surface area contributed by atoms with E-state index in [1.54, 1.807) is 0 Å². The van der Waals surface area contributed by atoms with Crippen LogP contribution in [0, 0.1) is 0 Å². The highest BCUT2D eigenvalue weighted by Gasteiger charge is 2.03. The molecule has 1 rings (SSSR count). The van der Waals surface area contributed by atoms with Crippen LogP contribution in [0.4, 0.5) is 11.4 Å². The van der Waals surface area contributed by atoms with E-state index in [1.165, 1.54) is 5.69 Å². The highest BCUT2D eigenvalue weighted by molar-refractivity contribution is 9.10. The van der Waals surface area contributed by atoms with Crippen LogP contribution < -0.4 is 10.6 Å². The van der Waals surface area contributed by atoms with E-state index >= 15 is 0 Å². The zero-order valence-electron chi connectivity index (χ0n) is 8.05. The summed E-state index contributed by atoms with van der Waals surface area (Å²) in [4.78, 5) is 2.28. The highest BCUT2D eigenvalue weighted by Crippen LogP contribution is 2.25. The third-order valence-corrected chi connectivity index (χ3v) is 2.80. The van der Waals surface area contributed by atoms with Crippen molar-refractivity contribution in [3.05, 3.63) is 22.7 Å². The van der Waals surface area contributed by atoms with Crippen LogP contribution in [0.5, 0.6) is 0 Å². The maximum Gasteiger partial charge on any atom is 0.0460 e. The third kappa shape index (κ3) is 2.37. The van der Waals surface area contributed by atoms with Gasteiger partial charge in [0.2, 0.25) is 0 Å². The Morgan fingerprint density at radius 1 is 1.31 bits per heavy atom. The molecule has 1 aromatic rings. The first-order valence-electron chi connectivity index (χ1n) is 4.49. The molecule has 0 aliphatic heterocycles. The Morgan fingerprint density at radius 3 is 2.38 bits per heavy atom. The summed E-state index contributed by atoms with van der Waals surface area (Å²) >= 11 is 3.42. The van der Waals surface area contributed by atoms with Gasteiger partial charge in [-0.1, -0.05) is 0 Å². The van der Waals surface area contributed by atoms with Crippen molar-refractivity contribution in [2.24, 2.45) is 0 Å². The number of benzene rings is 1. The number of nitrogen functional groups attached to an aromatic ring is 1. The lowest BCUT2D eigenvalue weighted by Crippen LogP contribution is -2.21. The lowest BCUT2D eigenvalue weighted by Gasteiger charge is -2.21. The van der Waals surface area contributed by atoms with E-state index < -0.39 is 0 Å². The van der Waals surface area contributed by atoms with E-state index in [1.807, 2.05) is 12.1 Å². The summed E-state index contributed by atoms with van der Waals surface area (Å²) in [5.74, 6) is 0. The lowest BCUT2D eigenvalue weighted by atomic mass is 10.2. The topological polar surface area (TPSA) is 29.3 Å². The summed E-state index contributed by atoms with van der Waals surface area (Å²) in [6.45, 7) is 6.33. The van der Waals surface area contributed by atoms with Gasteiger partial charge in [0.1, 0.15) is 0 Å². The molecule has 0 unspecified atom stereocenters. The molecule has 0 amide bonds. The minimum atomic E-state index is 0.788. The Hall–Kier alpha value is -0.700. The second-order valence-electron chi connectivity index (χ2n) is 2.88. The minimum absolute atomic E-state index is 0.788. The van der Waals surface area contributed by atoms with Crippen molar-refractivity contribution in [2.45, 2.75) is 13.8 Å². The molecule has 0 saturated heterocycles. The van der Waals surface area contributed by atoms with Crippen LogP contribution in [-0.2, 0) is 0 Å². The summed E-state index contributed by atoms with van der Waals surface area (Å²) in [7, 11) is 0. The SMILES string of the molecule is CCN(CC)c1ccc(N)c(Br)c1. The fourth-order valence-electron chi connectivity index (χ4n) is 1.30. The molecule has 0 heterocycles. The second kappa shape index (κ2) is 4.51. The third-order valence-electron chi connectivity index (χ3n) is 2.11. The maximum absolute atomic E-state index is 5.71. The number of nitrogens with zero attached hydrogens (tertiary/aromatic N) is 1. The Bertz CT molecular complexity index is 282. The molecule has 0 radical (unpaired) electrons. The molecule has 3 heteroatoms. The summed E-state index contributed by atoms with van der Waals surface area (Å²) < 4.78 is 0.969. The number of hydrogen-bond acceptors (Lipinski definition) is 2. The Morgan fingerprint density at radius 2 is 1.92 bits per heavy atom. The number of hydrogen-bond donors (Lipinski definition) is 1. The molecule has 0 saturated carbocycles. The monoisotopic (exact) mass is 242 g/mol. The van der Waals surface area contributed by atoms with Gasteiger partial charge >= 0.3 is 0 Å². The van der Waals surface area contributed by atoms with Crippen LogP contribution in [0.3, 0.4) is 0 Å². The van der Waals surface area contributed by atoms with Gasteiger partial charge in [0.25, 0.3) is 0 Å². The standard InChI is InChI=1S/C10H15BrN2/c1-3-13(4-2)8-5-6-10(12)9(11)7-8/h5-7H,3-4,12H2,1-2H3. The second-order valence-corrected chi connectivity index (χ2v) is 3.73. The zero-order valence-corrected chi connectivity index (χ0v) is 9.63. The van der Waals surface area contributed by atoms with Crippen LogP contribution in [-0.4, -0.2) is 13.1 Å². The van der Waals surface area contributed by atoms with Gasteiger partial charge in [-0.05, 0) is 48.0 Å². The molecule has 13 heavy (non-hydrogen) atoms. The lowest BCUT2D eigenvalue weighted by molar-refractivity contribution is 0.866. The normalized spacial score (nSPS) is 10.1. The quantitative estimate of drug-likeness (QED) is 0.827. The Kier molecular flexibility index (Phi) is 3.60. The van der Waals surface area contributed by atoms with Crippen molar-refractivity contribution in [2.75, 3.05) is 23.7 Å². The highest BCUT2D eigenvalue weighted by atomic mass is 79.9. The zero-order chi connectivity index (χ0) is 9.84. The van der Waals surface area contributed by atoms with E-state index in [0.29, 0.717) is 0 Å². The maximum atomic E-state index is 5.71. The summed E-state index contributed by atoms with van der Waals surface area (Å²) in [6.07, 6.45) is 0. The minimum Gasteiger partial charge on any atom is -0.398 e.